The van der Waals surface area contributed by atoms with E-state index in [1.807, 2.05) is 19.9 Å². The Balaban J connectivity index is 2.11. The van der Waals surface area contributed by atoms with Crippen LogP contribution in [0.5, 0.6) is 0 Å². The van der Waals surface area contributed by atoms with Crippen molar-refractivity contribution in [3.05, 3.63) is 71.3 Å². The molecule has 0 aliphatic rings. The van der Waals surface area contributed by atoms with Gasteiger partial charge >= 0.3 is 5.97 Å². The van der Waals surface area contributed by atoms with Crippen molar-refractivity contribution >= 4 is 17.8 Å². The van der Waals surface area contributed by atoms with E-state index in [1.165, 1.54) is 0 Å². The first-order valence-corrected chi connectivity index (χ1v) is 8.35. The summed E-state index contributed by atoms with van der Waals surface area (Å²) < 4.78 is 0. The lowest BCUT2D eigenvalue weighted by molar-refractivity contribution is -0.137. The topological polar surface area (TPSA) is 95.5 Å². The highest BCUT2D eigenvalue weighted by atomic mass is 16.4. The molecular weight excluding hydrogens is 332 g/mol. The molecule has 6 nitrogen and oxygen atoms in total. The van der Waals surface area contributed by atoms with Crippen molar-refractivity contribution in [1.82, 2.24) is 10.6 Å². The van der Waals surface area contributed by atoms with Gasteiger partial charge in [0.2, 0.25) is 0 Å². The Labute approximate surface area is 152 Å². The number of benzene rings is 2. The van der Waals surface area contributed by atoms with Crippen LogP contribution in [0.3, 0.4) is 0 Å². The van der Waals surface area contributed by atoms with E-state index in [-0.39, 0.29) is 18.4 Å². The third-order valence-corrected chi connectivity index (χ3v) is 3.72. The van der Waals surface area contributed by atoms with E-state index in [2.05, 4.69) is 10.6 Å². The molecule has 26 heavy (non-hydrogen) atoms. The number of aliphatic carboxylic acids is 1. The van der Waals surface area contributed by atoms with Gasteiger partial charge < -0.3 is 15.7 Å². The lowest BCUT2D eigenvalue weighted by atomic mass is 10.0. The van der Waals surface area contributed by atoms with Crippen molar-refractivity contribution < 1.29 is 19.5 Å². The second kappa shape index (κ2) is 8.80. The van der Waals surface area contributed by atoms with Gasteiger partial charge in [0.15, 0.2) is 0 Å². The largest absolute Gasteiger partial charge is 0.481 e. The molecule has 0 fully saturated rings. The van der Waals surface area contributed by atoms with Gasteiger partial charge in [-0.25, -0.2) is 0 Å². The normalized spacial score (nSPS) is 11.7. The fourth-order valence-corrected chi connectivity index (χ4v) is 2.47. The van der Waals surface area contributed by atoms with E-state index in [0.29, 0.717) is 11.1 Å². The molecule has 2 rings (SSSR count). The fraction of sp³-hybridized carbons (Fsp3) is 0.250. The predicted molar refractivity (Wildman–Crippen MR) is 97.9 cm³/mol. The highest BCUT2D eigenvalue weighted by Gasteiger charge is 2.19. The molecule has 2 aromatic carbocycles. The minimum atomic E-state index is -1.00. The van der Waals surface area contributed by atoms with Gasteiger partial charge in [0.05, 0.1) is 12.5 Å². The van der Waals surface area contributed by atoms with E-state index >= 15 is 0 Å². The molecule has 0 aromatic heterocycles. The summed E-state index contributed by atoms with van der Waals surface area (Å²) in [5.41, 5.74) is 1.54. The van der Waals surface area contributed by atoms with Crippen molar-refractivity contribution in [3.63, 3.8) is 0 Å². The minimum Gasteiger partial charge on any atom is -0.481 e. The SMILES string of the molecule is CC(C)NC(=O)c1ccc(C(=O)NC(CC(=O)O)c2ccccc2)cc1. The summed E-state index contributed by atoms with van der Waals surface area (Å²) in [6.07, 6.45) is -0.218. The van der Waals surface area contributed by atoms with Crippen LogP contribution in [0.1, 0.15) is 52.6 Å². The average Bonchev–Trinajstić information content (AvgIpc) is 2.61. The summed E-state index contributed by atoms with van der Waals surface area (Å²) in [6, 6.07) is 14.6. The molecule has 2 aromatic rings. The molecule has 0 spiro atoms. The molecule has 1 unspecified atom stereocenters. The maximum absolute atomic E-state index is 12.5. The summed E-state index contributed by atoms with van der Waals surface area (Å²) in [7, 11) is 0. The Morgan fingerprint density at radius 2 is 1.35 bits per heavy atom. The van der Waals surface area contributed by atoms with E-state index < -0.39 is 17.9 Å². The molecule has 136 valence electrons. The van der Waals surface area contributed by atoms with Crippen LogP contribution in [-0.4, -0.2) is 28.9 Å². The monoisotopic (exact) mass is 354 g/mol. The molecule has 0 saturated carbocycles. The second-order valence-corrected chi connectivity index (χ2v) is 6.24. The quantitative estimate of drug-likeness (QED) is 0.712. The van der Waals surface area contributed by atoms with Gasteiger partial charge in [-0.3, -0.25) is 14.4 Å². The Morgan fingerprint density at radius 1 is 0.846 bits per heavy atom. The smallest absolute Gasteiger partial charge is 0.305 e. The van der Waals surface area contributed by atoms with Gasteiger partial charge in [-0.15, -0.1) is 0 Å². The molecular formula is C20H22N2O4. The number of amides is 2. The lowest BCUT2D eigenvalue weighted by Gasteiger charge is -2.17. The molecule has 0 bridgehead atoms. The number of carbonyl (C=O) groups is 3. The molecule has 0 saturated heterocycles. The van der Waals surface area contributed by atoms with Gasteiger partial charge in [-0.1, -0.05) is 30.3 Å². The molecule has 1 atom stereocenters. The number of carboxylic acid groups (broad SMARTS) is 1. The Bertz CT molecular complexity index is 770. The van der Waals surface area contributed by atoms with Crippen LogP contribution in [0.25, 0.3) is 0 Å². The highest BCUT2D eigenvalue weighted by molar-refractivity contribution is 5.98. The standard InChI is InChI=1S/C20H22N2O4/c1-13(2)21-19(25)15-8-10-16(11-9-15)20(26)22-17(12-18(23)24)14-6-4-3-5-7-14/h3-11,13,17H,12H2,1-2H3,(H,21,25)(H,22,26)(H,23,24). The van der Waals surface area contributed by atoms with E-state index in [9.17, 15) is 14.4 Å². The van der Waals surface area contributed by atoms with Gasteiger partial charge in [-0.05, 0) is 43.7 Å². The van der Waals surface area contributed by atoms with Crippen LogP contribution in [0.4, 0.5) is 0 Å². The average molecular weight is 354 g/mol. The summed E-state index contributed by atoms with van der Waals surface area (Å²) in [4.78, 5) is 35.5. The first-order chi connectivity index (χ1) is 12.4. The summed E-state index contributed by atoms with van der Waals surface area (Å²) in [5.74, 6) is -1.60. The van der Waals surface area contributed by atoms with Gasteiger partial charge in [0.25, 0.3) is 11.8 Å². The van der Waals surface area contributed by atoms with Gasteiger partial charge in [0.1, 0.15) is 0 Å². The maximum Gasteiger partial charge on any atom is 0.305 e. The summed E-state index contributed by atoms with van der Waals surface area (Å²) in [6.45, 7) is 3.73. The van der Waals surface area contributed by atoms with Crippen LogP contribution in [0.2, 0.25) is 0 Å². The molecule has 3 N–H and O–H groups in total. The zero-order chi connectivity index (χ0) is 19.1. The van der Waals surface area contributed by atoms with E-state index in [0.717, 1.165) is 5.56 Å². The van der Waals surface area contributed by atoms with Crippen molar-refractivity contribution in [3.8, 4) is 0 Å². The molecule has 0 radical (unpaired) electrons. The Morgan fingerprint density at radius 3 is 1.81 bits per heavy atom. The van der Waals surface area contributed by atoms with Crippen LogP contribution in [0, 0.1) is 0 Å². The lowest BCUT2D eigenvalue weighted by Crippen LogP contribution is -2.31. The highest BCUT2D eigenvalue weighted by Crippen LogP contribution is 2.17. The van der Waals surface area contributed by atoms with Crippen molar-refractivity contribution in [2.45, 2.75) is 32.4 Å². The number of nitrogens with one attached hydrogen (secondary N) is 2. The van der Waals surface area contributed by atoms with Crippen LogP contribution < -0.4 is 10.6 Å². The predicted octanol–water partition coefficient (Wildman–Crippen LogP) is 2.77. The minimum absolute atomic E-state index is 0.0214. The zero-order valence-electron chi connectivity index (χ0n) is 14.7. The number of hydrogen-bond acceptors (Lipinski definition) is 3. The van der Waals surface area contributed by atoms with Gasteiger partial charge in [0, 0.05) is 17.2 Å². The number of hydrogen-bond donors (Lipinski definition) is 3. The van der Waals surface area contributed by atoms with Crippen molar-refractivity contribution in [1.29, 1.82) is 0 Å². The maximum atomic E-state index is 12.5. The Hall–Kier alpha value is -3.15. The molecule has 6 heteroatoms. The van der Waals surface area contributed by atoms with E-state index in [4.69, 9.17) is 5.11 Å². The fourth-order valence-electron chi connectivity index (χ4n) is 2.47. The first-order valence-electron chi connectivity index (χ1n) is 8.35. The van der Waals surface area contributed by atoms with Crippen LogP contribution in [-0.2, 0) is 4.79 Å². The van der Waals surface area contributed by atoms with Gasteiger partial charge in [-0.2, -0.15) is 0 Å². The molecule has 0 aliphatic heterocycles. The number of rotatable bonds is 7. The first kappa shape index (κ1) is 19.2. The molecule has 0 aliphatic carbocycles. The summed E-state index contributed by atoms with van der Waals surface area (Å²) >= 11 is 0. The van der Waals surface area contributed by atoms with Crippen LogP contribution in [0.15, 0.2) is 54.6 Å². The van der Waals surface area contributed by atoms with E-state index in [1.54, 1.807) is 48.5 Å². The number of carboxylic acids is 1. The van der Waals surface area contributed by atoms with Crippen molar-refractivity contribution in [2.75, 3.05) is 0 Å². The third-order valence-electron chi connectivity index (χ3n) is 3.72. The molecule has 2 amide bonds. The number of carbonyl (C=O) groups excluding carboxylic acids is 2. The second-order valence-electron chi connectivity index (χ2n) is 6.24. The third kappa shape index (κ3) is 5.44. The zero-order valence-corrected chi connectivity index (χ0v) is 14.7. The van der Waals surface area contributed by atoms with Crippen LogP contribution >= 0.6 is 0 Å². The Kier molecular flexibility index (Phi) is 6.49. The summed E-state index contributed by atoms with van der Waals surface area (Å²) in [5, 5.41) is 14.6. The molecule has 0 heterocycles. The van der Waals surface area contributed by atoms with Crippen molar-refractivity contribution in [2.24, 2.45) is 0 Å².